The molecule has 2 rings (SSSR count). The van der Waals surface area contributed by atoms with Gasteiger partial charge >= 0.3 is 0 Å². The number of ether oxygens (including phenoxy) is 1. The summed E-state index contributed by atoms with van der Waals surface area (Å²) >= 11 is 1.80. The van der Waals surface area contributed by atoms with Crippen LogP contribution in [0.1, 0.15) is 49.7 Å². The van der Waals surface area contributed by atoms with Crippen LogP contribution in [0.5, 0.6) is 0 Å². The molecule has 1 aliphatic carbocycles. The van der Waals surface area contributed by atoms with Gasteiger partial charge in [-0.2, -0.15) is 0 Å². The number of methoxy groups -OCH3 is 1. The summed E-state index contributed by atoms with van der Waals surface area (Å²) in [6.45, 7) is 5.36. The largest absolute Gasteiger partial charge is 0.381 e. The minimum atomic E-state index is 0.101. The van der Waals surface area contributed by atoms with Crippen molar-refractivity contribution in [2.45, 2.75) is 57.6 Å². The summed E-state index contributed by atoms with van der Waals surface area (Å²) in [5, 5.41) is 7.18. The molecule has 0 amide bonds. The molecular weight excluding hydrogens is 244 g/mol. The topological polar surface area (TPSA) is 34.2 Å². The van der Waals surface area contributed by atoms with Crippen LogP contribution in [-0.2, 0) is 10.3 Å². The van der Waals surface area contributed by atoms with Gasteiger partial charge in [-0.05, 0) is 45.6 Å². The van der Waals surface area contributed by atoms with Gasteiger partial charge in [0.1, 0.15) is 5.01 Å². The van der Waals surface area contributed by atoms with Gasteiger partial charge in [-0.15, -0.1) is 11.3 Å². The van der Waals surface area contributed by atoms with Crippen LogP contribution in [0, 0.1) is 6.92 Å². The average Bonchev–Trinajstić information content (AvgIpc) is 2.84. The van der Waals surface area contributed by atoms with Crippen LogP contribution < -0.4 is 5.32 Å². The summed E-state index contributed by atoms with van der Waals surface area (Å²) in [7, 11) is 1.82. The van der Waals surface area contributed by atoms with E-state index in [1.165, 1.54) is 11.4 Å². The Morgan fingerprint density at radius 2 is 2.22 bits per heavy atom. The maximum absolute atomic E-state index is 5.49. The lowest BCUT2D eigenvalue weighted by Crippen LogP contribution is -2.46. The zero-order chi connectivity index (χ0) is 13.0. The van der Waals surface area contributed by atoms with Gasteiger partial charge < -0.3 is 10.1 Å². The number of thiazole rings is 1. The molecule has 4 heteroatoms. The van der Waals surface area contributed by atoms with Crippen molar-refractivity contribution in [2.24, 2.45) is 0 Å². The molecule has 0 radical (unpaired) electrons. The van der Waals surface area contributed by atoms with E-state index in [-0.39, 0.29) is 5.54 Å². The quantitative estimate of drug-likeness (QED) is 0.890. The minimum Gasteiger partial charge on any atom is -0.381 e. The Morgan fingerprint density at radius 1 is 1.50 bits per heavy atom. The Kier molecular flexibility index (Phi) is 4.76. The number of hydrogen-bond acceptors (Lipinski definition) is 4. The van der Waals surface area contributed by atoms with Gasteiger partial charge in [-0.3, -0.25) is 0 Å². The Hall–Kier alpha value is -0.450. The smallest absolute Gasteiger partial charge is 0.113 e. The first-order chi connectivity index (χ1) is 8.70. The summed E-state index contributed by atoms with van der Waals surface area (Å²) in [6.07, 6.45) is 6.14. The monoisotopic (exact) mass is 268 g/mol. The fraction of sp³-hybridized carbons (Fsp3) is 0.786. The highest BCUT2D eigenvalue weighted by molar-refractivity contribution is 7.09. The molecule has 1 heterocycles. The highest BCUT2D eigenvalue weighted by atomic mass is 32.1. The molecule has 0 aliphatic heterocycles. The van der Waals surface area contributed by atoms with E-state index in [2.05, 4.69) is 24.5 Å². The molecule has 1 N–H and O–H groups in total. The molecule has 1 aromatic rings. The summed E-state index contributed by atoms with van der Waals surface area (Å²) in [5.41, 5.74) is 1.24. The van der Waals surface area contributed by atoms with Crippen LogP contribution in [0.25, 0.3) is 0 Å². The van der Waals surface area contributed by atoms with Crippen molar-refractivity contribution >= 4 is 11.3 Å². The van der Waals surface area contributed by atoms with E-state index in [0.717, 1.165) is 37.9 Å². The number of rotatable bonds is 5. The Labute approximate surface area is 114 Å². The summed E-state index contributed by atoms with van der Waals surface area (Å²) in [5.74, 6) is 0. The van der Waals surface area contributed by atoms with Crippen molar-refractivity contribution in [2.75, 3.05) is 13.7 Å². The Balaban J connectivity index is 2.14. The number of hydrogen-bond donors (Lipinski definition) is 1. The van der Waals surface area contributed by atoms with Crippen LogP contribution in [0.3, 0.4) is 0 Å². The number of nitrogens with one attached hydrogen (secondary N) is 1. The van der Waals surface area contributed by atoms with Crippen LogP contribution in [0.15, 0.2) is 5.38 Å². The Morgan fingerprint density at radius 3 is 2.72 bits per heavy atom. The fourth-order valence-corrected chi connectivity index (χ4v) is 3.76. The summed E-state index contributed by atoms with van der Waals surface area (Å²) in [4.78, 5) is 4.73. The summed E-state index contributed by atoms with van der Waals surface area (Å²) in [6, 6.07) is 0. The predicted molar refractivity (Wildman–Crippen MR) is 76.1 cm³/mol. The molecule has 3 nitrogen and oxygen atoms in total. The van der Waals surface area contributed by atoms with Crippen molar-refractivity contribution in [3.63, 3.8) is 0 Å². The summed E-state index contributed by atoms with van der Waals surface area (Å²) < 4.78 is 5.49. The molecule has 1 aliphatic rings. The van der Waals surface area contributed by atoms with Crippen LogP contribution in [0.2, 0.25) is 0 Å². The van der Waals surface area contributed by atoms with Gasteiger partial charge in [-0.1, -0.05) is 6.92 Å². The third kappa shape index (κ3) is 2.92. The van der Waals surface area contributed by atoms with E-state index in [1.54, 1.807) is 11.3 Å². The number of nitrogens with zero attached hydrogens (tertiary/aromatic N) is 1. The minimum absolute atomic E-state index is 0.101. The van der Waals surface area contributed by atoms with E-state index in [4.69, 9.17) is 9.72 Å². The number of aromatic nitrogens is 1. The third-order valence-corrected chi connectivity index (χ3v) is 5.03. The molecular formula is C14H24N2OS. The second-order valence-electron chi connectivity index (χ2n) is 5.24. The van der Waals surface area contributed by atoms with E-state index < -0.39 is 0 Å². The fourth-order valence-electron chi connectivity index (χ4n) is 2.72. The molecule has 0 bridgehead atoms. The van der Waals surface area contributed by atoms with Crippen molar-refractivity contribution in [1.29, 1.82) is 0 Å². The molecule has 0 unspecified atom stereocenters. The highest BCUT2D eigenvalue weighted by Crippen LogP contribution is 2.39. The molecule has 0 atom stereocenters. The van der Waals surface area contributed by atoms with E-state index in [1.807, 2.05) is 7.11 Å². The van der Waals surface area contributed by atoms with Crippen LogP contribution in [-0.4, -0.2) is 24.7 Å². The average molecular weight is 268 g/mol. The van der Waals surface area contributed by atoms with Crippen molar-refractivity contribution in [3.05, 3.63) is 16.1 Å². The first-order valence-electron chi connectivity index (χ1n) is 6.90. The maximum atomic E-state index is 5.49. The molecule has 1 fully saturated rings. The molecule has 18 heavy (non-hydrogen) atoms. The molecule has 0 spiro atoms. The molecule has 1 aromatic heterocycles. The Bertz CT molecular complexity index is 370. The van der Waals surface area contributed by atoms with Gasteiger partial charge in [-0.25, -0.2) is 4.98 Å². The van der Waals surface area contributed by atoms with E-state index in [9.17, 15) is 0 Å². The zero-order valence-electron chi connectivity index (χ0n) is 11.7. The third-order valence-electron chi connectivity index (χ3n) is 3.86. The van der Waals surface area contributed by atoms with Crippen molar-refractivity contribution < 1.29 is 4.74 Å². The predicted octanol–water partition coefficient (Wildman–Crippen LogP) is 3.24. The second kappa shape index (κ2) is 6.13. The lowest BCUT2D eigenvalue weighted by Gasteiger charge is -2.39. The number of aryl methyl sites for hydroxylation is 1. The lowest BCUT2D eigenvalue weighted by molar-refractivity contribution is 0.0403. The van der Waals surface area contributed by atoms with E-state index >= 15 is 0 Å². The molecule has 102 valence electrons. The standard InChI is InChI=1S/C14H24N2OS/c1-4-9-15-14(13-16-11(2)10-18-13)7-5-12(17-3)6-8-14/h10,12,15H,4-9H2,1-3H3. The zero-order valence-corrected chi connectivity index (χ0v) is 12.5. The first kappa shape index (κ1) is 14.0. The van der Waals surface area contributed by atoms with Gasteiger partial charge in [0.15, 0.2) is 0 Å². The van der Waals surface area contributed by atoms with Crippen LogP contribution >= 0.6 is 11.3 Å². The van der Waals surface area contributed by atoms with Gasteiger partial charge in [0.25, 0.3) is 0 Å². The maximum Gasteiger partial charge on any atom is 0.113 e. The lowest BCUT2D eigenvalue weighted by atomic mass is 9.80. The van der Waals surface area contributed by atoms with Gasteiger partial charge in [0.05, 0.1) is 11.6 Å². The molecule has 0 aromatic carbocycles. The highest BCUT2D eigenvalue weighted by Gasteiger charge is 2.38. The van der Waals surface area contributed by atoms with Crippen LogP contribution in [0.4, 0.5) is 0 Å². The van der Waals surface area contributed by atoms with Gasteiger partial charge in [0, 0.05) is 18.2 Å². The molecule has 1 saturated carbocycles. The SMILES string of the molecule is CCCNC1(c2nc(C)cs2)CCC(OC)CC1. The van der Waals surface area contributed by atoms with Crippen molar-refractivity contribution in [3.8, 4) is 0 Å². The van der Waals surface area contributed by atoms with Crippen molar-refractivity contribution in [1.82, 2.24) is 10.3 Å². The van der Waals surface area contributed by atoms with E-state index in [0.29, 0.717) is 6.10 Å². The van der Waals surface area contributed by atoms with Gasteiger partial charge in [0.2, 0.25) is 0 Å². The second-order valence-corrected chi connectivity index (χ2v) is 6.10. The normalized spacial score (nSPS) is 28.5. The molecule has 0 saturated heterocycles. The first-order valence-corrected chi connectivity index (χ1v) is 7.78.